The van der Waals surface area contributed by atoms with Crippen LogP contribution in [0.15, 0.2) is 71.1 Å². The second kappa shape index (κ2) is 10.2. The van der Waals surface area contributed by atoms with Crippen molar-refractivity contribution in [3.63, 3.8) is 0 Å². The summed E-state index contributed by atoms with van der Waals surface area (Å²) in [5, 5.41) is 0. The molecule has 0 N–H and O–H groups in total. The maximum Gasteiger partial charge on any atom is 0.328 e. The van der Waals surface area contributed by atoms with Gasteiger partial charge in [-0.1, -0.05) is 42.5 Å². The zero-order valence-corrected chi connectivity index (χ0v) is 18.2. The Kier molecular flexibility index (Phi) is 6.90. The molecule has 1 fully saturated rings. The maximum atomic E-state index is 13.0. The Morgan fingerprint density at radius 1 is 0.969 bits per heavy atom. The van der Waals surface area contributed by atoms with Gasteiger partial charge < -0.3 is 18.8 Å². The van der Waals surface area contributed by atoms with Crippen LogP contribution in [0, 0.1) is 0 Å². The van der Waals surface area contributed by atoms with Crippen molar-refractivity contribution in [1.29, 1.82) is 0 Å². The third-order valence-electron chi connectivity index (χ3n) is 5.54. The number of nitrogens with zero attached hydrogens (tertiary/aromatic N) is 1. The van der Waals surface area contributed by atoms with Gasteiger partial charge >= 0.3 is 5.97 Å². The van der Waals surface area contributed by atoms with Gasteiger partial charge in [0.1, 0.15) is 24.2 Å². The summed E-state index contributed by atoms with van der Waals surface area (Å²) in [6.07, 6.45) is 2.37. The fourth-order valence-corrected chi connectivity index (χ4v) is 3.90. The molecule has 1 aromatic heterocycles. The molecule has 32 heavy (non-hydrogen) atoms. The molecule has 2 heterocycles. The first-order valence-corrected chi connectivity index (χ1v) is 11.0. The van der Waals surface area contributed by atoms with Gasteiger partial charge in [0, 0.05) is 6.54 Å². The molecule has 1 amide bonds. The Bertz CT molecular complexity index is 1040. The van der Waals surface area contributed by atoms with Gasteiger partial charge in [-0.25, -0.2) is 4.79 Å². The van der Waals surface area contributed by atoms with Crippen LogP contribution in [0.5, 0.6) is 5.75 Å². The summed E-state index contributed by atoms with van der Waals surface area (Å²) in [6, 6.07) is 20.8. The monoisotopic (exact) mass is 433 g/mol. The first kappa shape index (κ1) is 21.7. The average Bonchev–Trinajstić information content (AvgIpc) is 3.32. The van der Waals surface area contributed by atoms with E-state index in [9.17, 15) is 9.59 Å². The van der Waals surface area contributed by atoms with E-state index in [4.69, 9.17) is 13.9 Å². The molecule has 0 radical (unpaired) electrons. The Hall–Kier alpha value is -3.54. The van der Waals surface area contributed by atoms with Crippen LogP contribution in [0.3, 0.4) is 0 Å². The largest absolute Gasteiger partial charge is 0.486 e. The summed E-state index contributed by atoms with van der Waals surface area (Å²) in [6.45, 7) is 2.79. The molecule has 0 spiro atoms. The van der Waals surface area contributed by atoms with E-state index in [1.54, 1.807) is 24.0 Å². The molecule has 2 aromatic carbocycles. The number of benzene rings is 2. The lowest BCUT2D eigenvalue weighted by Crippen LogP contribution is -2.48. The average molecular weight is 434 g/mol. The number of carbonyl (C=O) groups is 2. The summed E-state index contributed by atoms with van der Waals surface area (Å²) in [7, 11) is 0. The number of piperidine rings is 1. The molecular weight excluding hydrogens is 406 g/mol. The minimum absolute atomic E-state index is 0.208. The molecule has 0 aliphatic carbocycles. The first-order chi connectivity index (χ1) is 15.7. The van der Waals surface area contributed by atoms with Gasteiger partial charge in [0.15, 0.2) is 5.76 Å². The standard InChI is InChI=1S/C26H27NO5/c1-2-30-26(29)23-10-6-7-17-27(23)25(28)24-16-15-22(32-24)18-31-21-13-11-20(12-14-21)19-8-4-3-5-9-19/h3-5,8-9,11-16,23H,2,6-7,10,17-18H2,1H3. The molecule has 166 valence electrons. The minimum Gasteiger partial charge on any atom is -0.486 e. The Labute approximate surface area is 187 Å². The zero-order chi connectivity index (χ0) is 22.3. The van der Waals surface area contributed by atoms with E-state index in [1.165, 1.54) is 0 Å². The molecule has 1 unspecified atom stereocenters. The van der Waals surface area contributed by atoms with Gasteiger partial charge in [-0.15, -0.1) is 0 Å². The summed E-state index contributed by atoms with van der Waals surface area (Å²) < 4.78 is 16.7. The lowest BCUT2D eigenvalue weighted by atomic mass is 10.0. The number of amides is 1. The highest BCUT2D eigenvalue weighted by atomic mass is 16.5. The number of esters is 1. The highest BCUT2D eigenvalue weighted by molar-refractivity contribution is 5.94. The molecule has 6 nitrogen and oxygen atoms in total. The Balaban J connectivity index is 1.37. The van der Waals surface area contributed by atoms with Crippen molar-refractivity contribution in [3.05, 3.63) is 78.3 Å². The predicted octanol–water partition coefficient (Wildman–Crippen LogP) is 5.08. The van der Waals surface area contributed by atoms with Gasteiger partial charge in [-0.2, -0.15) is 0 Å². The van der Waals surface area contributed by atoms with Crippen LogP contribution in [0.2, 0.25) is 0 Å². The van der Waals surface area contributed by atoms with Gasteiger partial charge in [-0.05, 0) is 61.6 Å². The van der Waals surface area contributed by atoms with E-state index in [0.717, 1.165) is 24.0 Å². The molecule has 4 rings (SSSR count). The van der Waals surface area contributed by atoms with E-state index in [-0.39, 0.29) is 24.2 Å². The van der Waals surface area contributed by atoms with E-state index < -0.39 is 6.04 Å². The van der Waals surface area contributed by atoms with Crippen LogP contribution >= 0.6 is 0 Å². The quantitative estimate of drug-likeness (QED) is 0.486. The molecule has 0 bridgehead atoms. The lowest BCUT2D eigenvalue weighted by Gasteiger charge is -2.33. The summed E-state index contributed by atoms with van der Waals surface area (Å²) in [5.41, 5.74) is 2.26. The summed E-state index contributed by atoms with van der Waals surface area (Å²) in [4.78, 5) is 26.8. The van der Waals surface area contributed by atoms with E-state index in [2.05, 4.69) is 12.1 Å². The van der Waals surface area contributed by atoms with Crippen molar-refractivity contribution in [2.24, 2.45) is 0 Å². The second-order valence-corrected chi connectivity index (χ2v) is 7.71. The third-order valence-corrected chi connectivity index (χ3v) is 5.54. The molecular formula is C26H27NO5. The van der Waals surface area contributed by atoms with Crippen LogP contribution in [0.1, 0.15) is 42.5 Å². The number of carbonyl (C=O) groups excluding carboxylic acids is 2. The van der Waals surface area contributed by atoms with Crippen LogP contribution in [0.4, 0.5) is 0 Å². The summed E-state index contributed by atoms with van der Waals surface area (Å²) in [5.74, 6) is 0.826. The normalized spacial score (nSPS) is 15.9. The van der Waals surface area contributed by atoms with Gasteiger partial charge in [0.05, 0.1) is 6.61 Å². The number of rotatable bonds is 7. The summed E-state index contributed by atoms with van der Waals surface area (Å²) >= 11 is 0. The van der Waals surface area contributed by atoms with Crippen molar-refractivity contribution in [3.8, 4) is 16.9 Å². The lowest BCUT2D eigenvalue weighted by molar-refractivity contribution is -0.149. The Morgan fingerprint density at radius 3 is 2.47 bits per heavy atom. The van der Waals surface area contributed by atoms with E-state index >= 15 is 0 Å². The molecule has 6 heteroatoms. The molecule has 1 aliphatic rings. The van der Waals surface area contributed by atoms with Crippen molar-refractivity contribution in [2.45, 2.75) is 38.8 Å². The highest BCUT2D eigenvalue weighted by Crippen LogP contribution is 2.24. The second-order valence-electron chi connectivity index (χ2n) is 7.71. The molecule has 0 saturated carbocycles. The topological polar surface area (TPSA) is 69.0 Å². The van der Waals surface area contributed by atoms with Crippen LogP contribution in [0.25, 0.3) is 11.1 Å². The Morgan fingerprint density at radius 2 is 1.72 bits per heavy atom. The highest BCUT2D eigenvalue weighted by Gasteiger charge is 2.34. The molecule has 1 aliphatic heterocycles. The fraction of sp³-hybridized carbons (Fsp3) is 0.308. The maximum absolute atomic E-state index is 13.0. The van der Waals surface area contributed by atoms with Gasteiger partial charge in [0.25, 0.3) is 5.91 Å². The third kappa shape index (κ3) is 5.02. The smallest absolute Gasteiger partial charge is 0.328 e. The molecule has 1 saturated heterocycles. The number of likely N-dealkylation sites (tertiary alicyclic amines) is 1. The van der Waals surface area contributed by atoms with Crippen molar-refractivity contribution < 1.29 is 23.5 Å². The van der Waals surface area contributed by atoms with Crippen LogP contribution < -0.4 is 4.74 Å². The van der Waals surface area contributed by atoms with Crippen molar-refractivity contribution >= 4 is 11.9 Å². The van der Waals surface area contributed by atoms with Gasteiger partial charge in [-0.3, -0.25) is 4.79 Å². The number of furan rings is 1. The van der Waals surface area contributed by atoms with Gasteiger partial charge in [0.2, 0.25) is 0 Å². The fourth-order valence-electron chi connectivity index (χ4n) is 3.90. The predicted molar refractivity (Wildman–Crippen MR) is 120 cm³/mol. The minimum atomic E-state index is -0.552. The first-order valence-electron chi connectivity index (χ1n) is 11.0. The van der Waals surface area contributed by atoms with Crippen LogP contribution in [-0.2, 0) is 16.1 Å². The zero-order valence-electron chi connectivity index (χ0n) is 18.2. The van der Waals surface area contributed by atoms with Crippen molar-refractivity contribution in [1.82, 2.24) is 4.90 Å². The number of hydrogen-bond donors (Lipinski definition) is 0. The molecule has 1 atom stereocenters. The SMILES string of the molecule is CCOC(=O)C1CCCCN1C(=O)c1ccc(COc2ccc(-c3ccccc3)cc2)o1. The van der Waals surface area contributed by atoms with E-state index in [0.29, 0.717) is 31.1 Å². The van der Waals surface area contributed by atoms with Crippen LogP contribution in [-0.4, -0.2) is 36.0 Å². The number of hydrogen-bond acceptors (Lipinski definition) is 5. The molecule has 3 aromatic rings. The van der Waals surface area contributed by atoms with E-state index in [1.807, 2.05) is 42.5 Å². The van der Waals surface area contributed by atoms with Crippen molar-refractivity contribution in [2.75, 3.05) is 13.2 Å². The number of ether oxygens (including phenoxy) is 2.